The Morgan fingerprint density at radius 3 is 2.92 bits per heavy atom. The first-order valence-corrected chi connectivity index (χ1v) is 9.11. The number of H-pyrrole nitrogens is 1. The monoisotopic (exact) mass is 348 g/mol. The summed E-state index contributed by atoms with van der Waals surface area (Å²) in [7, 11) is 0. The fourth-order valence-corrected chi connectivity index (χ4v) is 4.62. The molecule has 0 spiro atoms. The van der Waals surface area contributed by atoms with Crippen molar-refractivity contribution >= 4 is 11.8 Å². The standard InChI is InChI=1S/C18H28N4O3/c1-13(24)22-16-6-7-21(11-15(16)8-18(22,2)12-23)17(25)5-3-4-14-9-19-20-10-14/h9-10,15-16,23H,3-8,11-12H2,1-2H3,(H,19,20)/t15-,16-,18+/m0/s1. The molecule has 0 aliphatic carbocycles. The van der Waals surface area contributed by atoms with Crippen LogP contribution in [0.15, 0.2) is 12.4 Å². The van der Waals surface area contributed by atoms with Gasteiger partial charge in [-0.2, -0.15) is 5.10 Å². The van der Waals surface area contributed by atoms with Crippen molar-refractivity contribution in [1.82, 2.24) is 20.0 Å². The van der Waals surface area contributed by atoms with Crippen LogP contribution in [0, 0.1) is 5.92 Å². The zero-order valence-corrected chi connectivity index (χ0v) is 15.1. The van der Waals surface area contributed by atoms with Crippen molar-refractivity contribution in [2.45, 2.75) is 57.5 Å². The third-order valence-electron chi connectivity index (χ3n) is 5.75. The topological polar surface area (TPSA) is 89.5 Å². The van der Waals surface area contributed by atoms with Gasteiger partial charge in [-0.3, -0.25) is 14.7 Å². The number of aliphatic hydroxyl groups is 1. The lowest BCUT2D eigenvalue weighted by molar-refractivity contribution is -0.138. The molecule has 0 aromatic carbocycles. The molecule has 138 valence electrons. The minimum absolute atomic E-state index is 0.0175. The highest BCUT2D eigenvalue weighted by molar-refractivity contribution is 5.77. The second-order valence-corrected chi connectivity index (χ2v) is 7.66. The summed E-state index contributed by atoms with van der Waals surface area (Å²) in [5.41, 5.74) is 0.625. The maximum Gasteiger partial charge on any atom is 0.222 e. The van der Waals surface area contributed by atoms with Gasteiger partial charge in [0, 0.05) is 38.7 Å². The summed E-state index contributed by atoms with van der Waals surface area (Å²) < 4.78 is 0. The van der Waals surface area contributed by atoms with Crippen LogP contribution in [0.5, 0.6) is 0 Å². The van der Waals surface area contributed by atoms with Crippen molar-refractivity contribution in [3.8, 4) is 0 Å². The number of aromatic nitrogens is 2. The van der Waals surface area contributed by atoms with Crippen molar-refractivity contribution in [2.24, 2.45) is 5.92 Å². The largest absolute Gasteiger partial charge is 0.394 e. The van der Waals surface area contributed by atoms with E-state index in [1.807, 2.05) is 22.9 Å². The van der Waals surface area contributed by atoms with Gasteiger partial charge in [-0.25, -0.2) is 0 Å². The molecule has 0 bridgehead atoms. The fourth-order valence-electron chi connectivity index (χ4n) is 4.62. The zero-order chi connectivity index (χ0) is 18.0. The van der Waals surface area contributed by atoms with E-state index in [1.165, 1.54) is 0 Å². The lowest BCUT2D eigenvalue weighted by Crippen LogP contribution is -2.53. The van der Waals surface area contributed by atoms with Crippen LogP contribution in [0.4, 0.5) is 0 Å². The van der Waals surface area contributed by atoms with Gasteiger partial charge >= 0.3 is 0 Å². The number of hydrogen-bond acceptors (Lipinski definition) is 4. The Hall–Kier alpha value is -1.89. The van der Waals surface area contributed by atoms with Crippen LogP contribution in [0.25, 0.3) is 0 Å². The number of aromatic amines is 1. The summed E-state index contributed by atoms with van der Waals surface area (Å²) >= 11 is 0. The van der Waals surface area contributed by atoms with E-state index >= 15 is 0 Å². The second kappa shape index (κ2) is 7.15. The Morgan fingerprint density at radius 2 is 2.28 bits per heavy atom. The van der Waals surface area contributed by atoms with Crippen molar-refractivity contribution in [1.29, 1.82) is 0 Å². The first-order valence-electron chi connectivity index (χ1n) is 9.11. The number of rotatable bonds is 5. The summed E-state index contributed by atoms with van der Waals surface area (Å²) in [5.74, 6) is 0.463. The summed E-state index contributed by atoms with van der Waals surface area (Å²) in [6.07, 6.45) is 7.41. The molecule has 2 saturated heterocycles. The predicted molar refractivity (Wildman–Crippen MR) is 92.6 cm³/mol. The van der Waals surface area contributed by atoms with Crippen LogP contribution >= 0.6 is 0 Å². The molecule has 2 aliphatic rings. The highest BCUT2D eigenvalue weighted by Crippen LogP contribution is 2.42. The minimum atomic E-state index is -0.499. The molecule has 0 saturated carbocycles. The van der Waals surface area contributed by atoms with Gasteiger partial charge in [0.2, 0.25) is 11.8 Å². The van der Waals surface area contributed by atoms with Gasteiger partial charge in [0.25, 0.3) is 0 Å². The van der Waals surface area contributed by atoms with E-state index in [2.05, 4.69) is 10.2 Å². The van der Waals surface area contributed by atoms with Gasteiger partial charge in [-0.1, -0.05) is 0 Å². The maximum atomic E-state index is 12.5. The molecule has 1 aromatic heterocycles. The number of aryl methyl sites for hydroxylation is 1. The number of carbonyl (C=O) groups excluding carboxylic acids is 2. The minimum Gasteiger partial charge on any atom is -0.394 e. The van der Waals surface area contributed by atoms with Crippen LogP contribution in [0.3, 0.4) is 0 Å². The molecule has 1 aromatic rings. The Balaban J connectivity index is 1.56. The molecule has 3 rings (SSSR count). The van der Waals surface area contributed by atoms with Gasteiger partial charge in [0.1, 0.15) is 0 Å². The van der Waals surface area contributed by atoms with E-state index in [1.54, 1.807) is 13.1 Å². The molecule has 0 unspecified atom stereocenters. The van der Waals surface area contributed by atoms with Crippen LogP contribution in [0.2, 0.25) is 0 Å². The number of fused-ring (bicyclic) bond motifs is 1. The molecule has 3 heterocycles. The quantitative estimate of drug-likeness (QED) is 0.829. The van der Waals surface area contributed by atoms with E-state index in [0.717, 1.165) is 31.2 Å². The van der Waals surface area contributed by atoms with Crippen molar-refractivity contribution in [3.63, 3.8) is 0 Å². The van der Waals surface area contributed by atoms with Crippen molar-refractivity contribution < 1.29 is 14.7 Å². The molecular weight excluding hydrogens is 320 g/mol. The van der Waals surface area contributed by atoms with Crippen LogP contribution < -0.4 is 0 Å². The van der Waals surface area contributed by atoms with Gasteiger partial charge < -0.3 is 14.9 Å². The van der Waals surface area contributed by atoms with E-state index in [0.29, 0.717) is 19.5 Å². The molecule has 3 atom stereocenters. The fraction of sp³-hybridized carbons (Fsp3) is 0.722. The number of amides is 2. The molecular formula is C18H28N4O3. The van der Waals surface area contributed by atoms with E-state index in [-0.39, 0.29) is 30.4 Å². The Bertz CT molecular complexity index is 618. The summed E-state index contributed by atoms with van der Waals surface area (Å²) in [6, 6.07) is 0.143. The summed E-state index contributed by atoms with van der Waals surface area (Å²) in [4.78, 5) is 28.4. The molecule has 2 N–H and O–H groups in total. The number of piperidine rings is 1. The number of nitrogens with zero attached hydrogens (tertiary/aromatic N) is 3. The lowest BCUT2D eigenvalue weighted by Gasteiger charge is -2.40. The van der Waals surface area contributed by atoms with Crippen LogP contribution in [0.1, 0.15) is 45.1 Å². The number of aliphatic hydroxyl groups excluding tert-OH is 1. The van der Waals surface area contributed by atoms with Crippen LogP contribution in [-0.4, -0.2) is 68.2 Å². The van der Waals surface area contributed by atoms with Crippen LogP contribution in [-0.2, 0) is 16.0 Å². The average Bonchev–Trinajstić information content (AvgIpc) is 3.19. The molecule has 2 aliphatic heterocycles. The van der Waals surface area contributed by atoms with E-state index < -0.39 is 5.54 Å². The smallest absolute Gasteiger partial charge is 0.222 e. The molecule has 7 nitrogen and oxygen atoms in total. The average molecular weight is 348 g/mol. The first-order chi connectivity index (χ1) is 11.9. The molecule has 0 radical (unpaired) electrons. The highest BCUT2D eigenvalue weighted by atomic mass is 16.3. The first kappa shape index (κ1) is 17.9. The summed E-state index contributed by atoms with van der Waals surface area (Å²) in [6.45, 7) is 4.87. The Kier molecular flexibility index (Phi) is 5.13. The van der Waals surface area contributed by atoms with Gasteiger partial charge in [0.15, 0.2) is 0 Å². The molecule has 25 heavy (non-hydrogen) atoms. The molecule has 7 heteroatoms. The Morgan fingerprint density at radius 1 is 1.48 bits per heavy atom. The third-order valence-corrected chi connectivity index (χ3v) is 5.75. The summed E-state index contributed by atoms with van der Waals surface area (Å²) in [5, 5.41) is 16.5. The third kappa shape index (κ3) is 3.56. The highest BCUT2D eigenvalue weighted by Gasteiger charge is 2.51. The number of nitrogens with one attached hydrogen (secondary N) is 1. The Labute approximate surface area is 148 Å². The van der Waals surface area contributed by atoms with E-state index in [4.69, 9.17) is 0 Å². The number of hydrogen-bond donors (Lipinski definition) is 2. The van der Waals surface area contributed by atoms with E-state index in [9.17, 15) is 14.7 Å². The predicted octanol–water partition coefficient (Wildman–Crippen LogP) is 0.953. The molecule has 2 amide bonds. The van der Waals surface area contributed by atoms with Gasteiger partial charge in [-0.15, -0.1) is 0 Å². The second-order valence-electron chi connectivity index (χ2n) is 7.66. The SMILES string of the molecule is CC(=O)N1[C@H]2CCN(C(=O)CCCc3cn[nH]c3)C[C@@H]2C[C@]1(C)CO. The maximum absolute atomic E-state index is 12.5. The van der Waals surface area contributed by atoms with Crippen molar-refractivity contribution in [2.75, 3.05) is 19.7 Å². The van der Waals surface area contributed by atoms with Gasteiger partial charge in [0.05, 0.1) is 18.3 Å². The zero-order valence-electron chi connectivity index (χ0n) is 15.1. The molecule has 2 fully saturated rings. The number of likely N-dealkylation sites (tertiary alicyclic amines) is 2. The van der Waals surface area contributed by atoms with Crippen molar-refractivity contribution in [3.05, 3.63) is 18.0 Å². The number of carbonyl (C=O) groups is 2. The van der Waals surface area contributed by atoms with Gasteiger partial charge in [-0.05, 0) is 44.1 Å². The normalized spacial score (nSPS) is 28.9. The lowest BCUT2D eigenvalue weighted by atomic mass is 9.89.